The molecule has 2 N–H and O–H groups in total. The van der Waals surface area contributed by atoms with Crippen molar-refractivity contribution in [1.29, 1.82) is 0 Å². The van der Waals surface area contributed by atoms with Crippen molar-refractivity contribution in [3.05, 3.63) is 57.3 Å². The Morgan fingerprint density at radius 3 is 2.53 bits per heavy atom. The molecule has 2 heterocycles. The summed E-state index contributed by atoms with van der Waals surface area (Å²) in [7, 11) is 0. The van der Waals surface area contributed by atoms with Gasteiger partial charge in [-0.15, -0.1) is 11.3 Å². The van der Waals surface area contributed by atoms with Gasteiger partial charge in [0.15, 0.2) is 0 Å². The van der Waals surface area contributed by atoms with Crippen LogP contribution < -0.4 is 15.8 Å². The highest BCUT2D eigenvalue weighted by Crippen LogP contribution is 2.28. The number of nitrogens with one attached hydrogen (secondary N) is 2. The second-order valence-corrected chi connectivity index (χ2v) is 8.77. The summed E-state index contributed by atoms with van der Waals surface area (Å²) < 4.78 is 0. The number of hydrogen-bond donors (Lipinski definition) is 2. The first-order chi connectivity index (χ1) is 14.6. The molecule has 1 aromatic carbocycles. The van der Waals surface area contributed by atoms with Gasteiger partial charge in [0, 0.05) is 29.6 Å². The van der Waals surface area contributed by atoms with E-state index in [1.165, 1.54) is 47.1 Å². The van der Waals surface area contributed by atoms with Crippen LogP contribution in [0, 0.1) is 0 Å². The SMILES string of the molecule is O=C(/C=C\c1ccc(N2CCCC2=O)cc1)NNC(=O)c1cc2c(s1)CCCCC2. The first kappa shape index (κ1) is 20.3. The van der Waals surface area contributed by atoms with Gasteiger partial charge in [-0.05, 0) is 67.5 Å². The van der Waals surface area contributed by atoms with Crippen LogP contribution in [0.1, 0.15) is 57.8 Å². The Balaban J connectivity index is 1.28. The van der Waals surface area contributed by atoms with Gasteiger partial charge in [0.2, 0.25) is 5.91 Å². The third-order valence-electron chi connectivity index (χ3n) is 5.47. The van der Waals surface area contributed by atoms with E-state index in [0.717, 1.165) is 37.1 Å². The van der Waals surface area contributed by atoms with E-state index in [1.807, 2.05) is 30.3 Å². The zero-order chi connectivity index (χ0) is 20.9. The molecule has 0 unspecified atom stereocenters. The van der Waals surface area contributed by atoms with E-state index in [9.17, 15) is 14.4 Å². The molecule has 0 atom stereocenters. The normalized spacial score (nSPS) is 16.4. The first-order valence-corrected chi connectivity index (χ1v) is 11.2. The minimum atomic E-state index is -0.403. The number of hydrazine groups is 1. The highest BCUT2D eigenvalue weighted by atomic mass is 32.1. The summed E-state index contributed by atoms with van der Waals surface area (Å²) in [6.07, 6.45) is 10.2. The third-order valence-corrected chi connectivity index (χ3v) is 6.71. The lowest BCUT2D eigenvalue weighted by Gasteiger charge is -2.15. The Morgan fingerprint density at radius 1 is 0.967 bits per heavy atom. The molecular weight excluding hydrogens is 398 g/mol. The van der Waals surface area contributed by atoms with E-state index >= 15 is 0 Å². The summed E-state index contributed by atoms with van der Waals surface area (Å²) in [6.45, 7) is 0.753. The quantitative estimate of drug-likeness (QED) is 0.448. The van der Waals surface area contributed by atoms with Gasteiger partial charge in [-0.25, -0.2) is 0 Å². The number of nitrogens with zero attached hydrogens (tertiary/aromatic N) is 1. The maximum absolute atomic E-state index is 12.3. The van der Waals surface area contributed by atoms with E-state index in [-0.39, 0.29) is 11.8 Å². The van der Waals surface area contributed by atoms with Gasteiger partial charge in [0.1, 0.15) is 0 Å². The maximum Gasteiger partial charge on any atom is 0.279 e. The lowest BCUT2D eigenvalue weighted by molar-refractivity contribution is -0.117. The van der Waals surface area contributed by atoms with Crippen molar-refractivity contribution in [3.8, 4) is 0 Å². The van der Waals surface area contributed by atoms with Crippen LogP contribution >= 0.6 is 11.3 Å². The van der Waals surface area contributed by atoms with E-state index in [1.54, 1.807) is 11.0 Å². The number of aryl methyl sites for hydroxylation is 2. The molecule has 30 heavy (non-hydrogen) atoms. The number of thiophene rings is 1. The second-order valence-electron chi connectivity index (χ2n) is 7.64. The zero-order valence-electron chi connectivity index (χ0n) is 16.8. The van der Waals surface area contributed by atoms with Crippen molar-refractivity contribution in [3.63, 3.8) is 0 Å². The minimum absolute atomic E-state index is 0.149. The van der Waals surface area contributed by atoms with Gasteiger partial charge in [0.25, 0.3) is 11.8 Å². The number of anilines is 1. The monoisotopic (exact) mass is 423 g/mol. The Kier molecular flexibility index (Phi) is 6.28. The van der Waals surface area contributed by atoms with Gasteiger partial charge >= 0.3 is 0 Å². The van der Waals surface area contributed by atoms with Gasteiger partial charge in [-0.3, -0.25) is 25.2 Å². The molecule has 1 fully saturated rings. The summed E-state index contributed by atoms with van der Waals surface area (Å²) >= 11 is 1.52. The average Bonchev–Trinajstić information content (AvgIpc) is 3.31. The summed E-state index contributed by atoms with van der Waals surface area (Å²) in [4.78, 5) is 39.9. The molecule has 1 aliphatic carbocycles. The van der Waals surface area contributed by atoms with Crippen molar-refractivity contribution < 1.29 is 14.4 Å². The number of amides is 3. The van der Waals surface area contributed by atoms with Crippen LogP contribution in [0.2, 0.25) is 0 Å². The second kappa shape index (κ2) is 9.26. The number of hydrogen-bond acceptors (Lipinski definition) is 4. The van der Waals surface area contributed by atoms with E-state index in [4.69, 9.17) is 0 Å². The molecule has 6 nitrogen and oxygen atoms in total. The lowest BCUT2D eigenvalue weighted by Crippen LogP contribution is -2.40. The largest absolute Gasteiger partial charge is 0.312 e. The standard InChI is InChI=1S/C23H25N3O3S/c27-21(13-10-16-8-11-18(12-9-16)26-14-4-7-22(26)28)24-25-23(29)20-15-17-5-2-1-3-6-19(17)30-20/h8-13,15H,1-7,14H2,(H,24,27)(H,25,29)/b13-10-. The third kappa shape index (κ3) is 4.79. The van der Waals surface area contributed by atoms with Crippen LogP contribution in [0.4, 0.5) is 5.69 Å². The lowest BCUT2D eigenvalue weighted by atomic mass is 10.1. The number of fused-ring (bicyclic) bond motifs is 1. The fourth-order valence-electron chi connectivity index (χ4n) is 3.86. The minimum Gasteiger partial charge on any atom is -0.312 e. The molecule has 4 rings (SSSR count). The van der Waals surface area contributed by atoms with E-state index in [2.05, 4.69) is 10.9 Å². The Bertz CT molecular complexity index is 955. The maximum atomic E-state index is 12.3. The van der Waals surface area contributed by atoms with Crippen LogP contribution in [-0.2, 0) is 22.4 Å². The van der Waals surface area contributed by atoms with Crippen molar-refractivity contribution in [2.24, 2.45) is 0 Å². The Labute approximate surface area is 179 Å². The molecular formula is C23H25N3O3S. The molecule has 7 heteroatoms. The fourth-order valence-corrected chi connectivity index (χ4v) is 5.01. The van der Waals surface area contributed by atoms with Crippen LogP contribution in [0.25, 0.3) is 6.08 Å². The fraction of sp³-hybridized carbons (Fsp3) is 0.348. The zero-order valence-corrected chi connectivity index (χ0v) is 17.6. The van der Waals surface area contributed by atoms with Crippen LogP contribution in [-0.4, -0.2) is 24.3 Å². The molecule has 1 aromatic heterocycles. The van der Waals surface area contributed by atoms with Crippen molar-refractivity contribution >= 4 is 40.8 Å². The van der Waals surface area contributed by atoms with Gasteiger partial charge in [-0.2, -0.15) is 0 Å². The van der Waals surface area contributed by atoms with Gasteiger partial charge in [0.05, 0.1) is 4.88 Å². The van der Waals surface area contributed by atoms with E-state index in [0.29, 0.717) is 11.3 Å². The predicted molar refractivity (Wildman–Crippen MR) is 118 cm³/mol. The summed E-state index contributed by atoms with van der Waals surface area (Å²) in [5, 5.41) is 0. The Hall–Kier alpha value is -2.93. The summed E-state index contributed by atoms with van der Waals surface area (Å²) in [5.41, 5.74) is 7.91. The molecule has 0 saturated carbocycles. The predicted octanol–water partition coefficient (Wildman–Crippen LogP) is 3.62. The first-order valence-electron chi connectivity index (χ1n) is 10.4. The van der Waals surface area contributed by atoms with Crippen molar-refractivity contribution in [2.45, 2.75) is 44.9 Å². The topological polar surface area (TPSA) is 78.5 Å². The molecule has 1 aliphatic heterocycles. The van der Waals surface area contributed by atoms with Gasteiger partial charge < -0.3 is 4.90 Å². The van der Waals surface area contributed by atoms with Crippen LogP contribution in [0.3, 0.4) is 0 Å². The molecule has 3 amide bonds. The molecule has 1 saturated heterocycles. The number of carbonyl (C=O) groups is 3. The molecule has 0 spiro atoms. The summed E-state index contributed by atoms with van der Waals surface area (Å²) in [5.74, 6) is -0.537. The molecule has 0 radical (unpaired) electrons. The number of benzene rings is 1. The molecule has 156 valence electrons. The number of carbonyl (C=O) groups excluding carboxylic acids is 3. The van der Waals surface area contributed by atoms with Gasteiger partial charge in [-0.1, -0.05) is 18.6 Å². The molecule has 2 aromatic rings. The highest BCUT2D eigenvalue weighted by molar-refractivity contribution is 7.14. The van der Waals surface area contributed by atoms with Crippen molar-refractivity contribution in [1.82, 2.24) is 10.9 Å². The molecule has 2 aliphatic rings. The van der Waals surface area contributed by atoms with E-state index < -0.39 is 5.91 Å². The van der Waals surface area contributed by atoms with Crippen LogP contribution in [0.5, 0.6) is 0 Å². The number of rotatable bonds is 4. The highest BCUT2D eigenvalue weighted by Gasteiger charge is 2.21. The van der Waals surface area contributed by atoms with Crippen LogP contribution in [0.15, 0.2) is 36.4 Å². The van der Waals surface area contributed by atoms with Crippen molar-refractivity contribution in [2.75, 3.05) is 11.4 Å². The average molecular weight is 424 g/mol. The smallest absolute Gasteiger partial charge is 0.279 e. The summed E-state index contributed by atoms with van der Waals surface area (Å²) in [6, 6.07) is 9.44. The molecule has 0 bridgehead atoms. The Morgan fingerprint density at radius 2 is 1.77 bits per heavy atom.